The zero-order chi connectivity index (χ0) is 11.5. The summed E-state index contributed by atoms with van der Waals surface area (Å²) in [6, 6.07) is 6.40. The second-order valence-corrected chi connectivity index (χ2v) is 5.91. The average Bonchev–Trinajstić information content (AvgIpc) is 2.24. The molecule has 0 unspecified atom stereocenters. The van der Waals surface area contributed by atoms with E-state index in [1.165, 1.54) is 22.4 Å². The van der Waals surface area contributed by atoms with Gasteiger partial charge in [-0.3, -0.25) is 4.79 Å². The summed E-state index contributed by atoms with van der Waals surface area (Å²) in [5, 5.41) is 0.501. The normalized spacial score (nSPS) is 21.1. The maximum absolute atomic E-state index is 11.4. The first-order valence-electron chi connectivity index (χ1n) is 5.91. The molecule has 2 heteroatoms. The number of Topliss-reactive ketones (excluding diaryl/α,β-unsaturated/α-hetero) is 1. The average molecular weight is 234 g/mol. The van der Waals surface area contributed by atoms with Crippen LogP contribution in [0.4, 0.5) is 0 Å². The highest BCUT2D eigenvalue weighted by atomic mass is 32.2. The number of carbonyl (C=O) groups is 1. The van der Waals surface area contributed by atoms with Crippen molar-refractivity contribution in [2.45, 2.75) is 49.7 Å². The van der Waals surface area contributed by atoms with E-state index in [-0.39, 0.29) is 0 Å². The Morgan fingerprint density at radius 2 is 1.94 bits per heavy atom. The number of aryl methyl sites for hydroxylation is 2. The molecule has 0 spiro atoms. The van der Waals surface area contributed by atoms with Crippen molar-refractivity contribution in [3.8, 4) is 0 Å². The zero-order valence-electron chi connectivity index (χ0n) is 9.95. The fourth-order valence-electron chi connectivity index (χ4n) is 2.24. The second kappa shape index (κ2) is 5.05. The Kier molecular flexibility index (Phi) is 3.70. The van der Waals surface area contributed by atoms with E-state index in [2.05, 4.69) is 32.0 Å². The molecule has 0 N–H and O–H groups in total. The van der Waals surface area contributed by atoms with Crippen LogP contribution in [0.15, 0.2) is 23.1 Å². The van der Waals surface area contributed by atoms with Crippen molar-refractivity contribution in [1.29, 1.82) is 0 Å². The van der Waals surface area contributed by atoms with Crippen LogP contribution in [-0.4, -0.2) is 11.0 Å². The topological polar surface area (TPSA) is 17.1 Å². The summed E-state index contributed by atoms with van der Waals surface area (Å²) in [7, 11) is 0. The number of benzene rings is 1. The number of hydrogen-bond acceptors (Lipinski definition) is 2. The van der Waals surface area contributed by atoms with Crippen LogP contribution in [-0.2, 0) is 4.79 Å². The van der Waals surface area contributed by atoms with Gasteiger partial charge in [0.25, 0.3) is 0 Å². The number of thioether (sulfide) groups is 1. The van der Waals surface area contributed by atoms with E-state index < -0.39 is 0 Å². The van der Waals surface area contributed by atoms with E-state index in [0.29, 0.717) is 11.0 Å². The maximum Gasteiger partial charge on any atom is 0.134 e. The van der Waals surface area contributed by atoms with Crippen LogP contribution in [0.2, 0.25) is 0 Å². The van der Waals surface area contributed by atoms with Gasteiger partial charge in [0.15, 0.2) is 0 Å². The molecule has 1 nitrogen and oxygen atoms in total. The standard InChI is InChI=1S/C14H18OS/c1-10-5-3-6-11(2)14(10)16-13-8-4-7-12(15)9-13/h3,5-6,13H,4,7-9H2,1-2H3/t13-/m1/s1. The molecule has 1 aliphatic carbocycles. The fraction of sp³-hybridized carbons (Fsp3) is 0.500. The van der Waals surface area contributed by atoms with E-state index in [4.69, 9.17) is 0 Å². The first-order chi connectivity index (χ1) is 7.66. The first kappa shape index (κ1) is 11.7. The molecule has 1 saturated carbocycles. The quantitative estimate of drug-likeness (QED) is 0.772. The minimum Gasteiger partial charge on any atom is -0.300 e. The van der Waals surface area contributed by atoms with Crippen LogP contribution in [0.5, 0.6) is 0 Å². The summed E-state index contributed by atoms with van der Waals surface area (Å²) in [4.78, 5) is 12.8. The summed E-state index contributed by atoms with van der Waals surface area (Å²) in [6.07, 6.45) is 3.81. The van der Waals surface area contributed by atoms with Crippen LogP contribution < -0.4 is 0 Å². The Bertz CT molecular complexity index is 377. The van der Waals surface area contributed by atoms with E-state index >= 15 is 0 Å². The molecule has 16 heavy (non-hydrogen) atoms. The molecule has 0 saturated heterocycles. The summed E-state index contributed by atoms with van der Waals surface area (Å²) in [5.74, 6) is 0.440. The molecule has 0 heterocycles. The molecule has 1 atom stereocenters. The molecule has 0 amide bonds. The van der Waals surface area contributed by atoms with Gasteiger partial charge in [-0.1, -0.05) is 18.2 Å². The molecular weight excluding hydrogens is 216 g/mol. The van der Waals surface area contributed by atoms with Crippen molar-refractivity contribution in [2.24, 2.45) is 0 Å². The molecule has 86 valence electrons. The summed E-state index contributed by atoms with van der Waals surface area (Å²) in [5.41, 5.74) is 2.67. The van der Waals surface area contributed by atoms with Crippen molar-refractivity contribution >= 4 is 17.5 Å². The highest BCUT2D eigenvalue weighted by Gasteiger charge is 2.21. The third-order valence-corrected chi connectivity index (χ3v) is 4.75. The van der Waals surface area contributed by atoms with E-state index in [0.717, 1.165) is 19.3 Å². The third-order valence-electron chi connectivity index (χ3n) is 3.13. The maximum atomic E-state index is 11.4. The minimum atomic E-state index is 0.440. The minimum absolute atomic E-state index is 0.440. The molecule has 0 aromatic heterocycles. The number of carbonyl (C=O) groups excluding carboxylic acids is 1. The lowest BCUT2D eigenvalue weighted by Crippen LogP contribution is -2.16. The van der Waals surface area contributed by atoms with Crippen LogP contribution in [0.3, 0.4) is 0 Å². The second-order valence-electron chi connectivity index (χ2n) is 4.60. The van der Waals surface area contributed by atoms with Gasteiger partial charge in [-0.05, 0) is 37.8 Å². The van der Waals surface area contributed by atoms with Gasteiger partial charge in [0, 0.05) is 23.0 Å². The van der Waals surface area contributed by atoms with Crippen molar-refractivity contribution in [2.75, 3.05) is 0 Å². The van der Waals surface area contributed by atoms with Crippen LogP contribution >= 0.6 is 11.8 Å². The molecule has 0 bridgehead atoms. The number of ketones is 1. The number of hydrogen-bond donors (Lipinski definition) is 0. The van der Waals surface area contributed by atoms with Gasteiger partial charge in [-0.25, -0.2) is 0 Å². The van der Waals surface area contributed by atoms with Crippen LogP contribution in [0.1, 0.15) is 36.8 Å². The van der Waals surface area contributed by atoms with Crippen molar-refractivity contribution < 1.29 is 4.79 Å². The summed E-state index contributed by atoms with van der Waals surface area (Å²) < 4.78 is 0. The lowest BCUT2D eigenvalue weighted by atomic mass is 9.99. The fourth-order valence-corrected chi connectivity index (χ4v) is 3.63. The Hall–Kier alpha value is -0.760. The van der Waals surface area contributed by atoms with Gasteiger partial charge in [-0.2, -0.15) is 0 Å². The first-order valence-corrected chi connectivity index (χ1v) is 6.79. The predicted molar refractivity (Wildman–Crippen MR) is 69.0 cm³/mol. The molecular formula is C14H18OS. The zero-order valence-corrected chi connectivity index (χ0v) is 10.8. The summed E-state index contributed by atoms with van der Waals surface area (Å²) >= 11 is 1.90. The summed E-state index contributed by atoms with van der Waals surface area (Å²) in [6.45, 7) is 4.31. The van der Waals surface area contributed by atoms with E-state index in [1.807, 2.05) is 11.8 Å². The largest absolute Gasteiger partial charge is 0.300 e. The molecule has 1 aromatic carbocycles. The van der Waals surface area contributed by atoms with Crippen molar-refractivity contribution in [3.05, 3.63) is 29.3 Å². The van der Waals surface area contributed by atoms with Gasteiger partial charge in [0.2, 0.25) is 0 Å². The molecule has 1 aromatic rings. The Morgan fingerprint density at radius 1 is 1.25 bits per heavy atom. The lowest BCUT2D eigenvalue weighted by Gasteiger charge is -2.22. The molecule has 1 aliphatic rings. The lowest BCUT2D eigenvalue weighted by molar-refractivity contribution is -0.120. The van der Waals surface area contributed by atoms with E-state index in [1.54, 1.807) is 0 Å². The molecule has 2 rings (SSSR count). The predicted octanol–water partition coefficient (Wildman–Crippen LogP) is 3.91. The smallest absolute Gasteiger partial charge is 0.134 e. The Morgan fingerprint density at radius 3 is 2.56 bits per heavy atom. The van der Waals surface area contributed by atoms with Gasteiger partial charge >= 0.3 is 0 Å². The van der Waals surface area contributed by atoms with Gasteiger partial charge in [-0.15, -0.1) is 11.8 Å². The monoisotopic (exact) mass is 234 g/mol. The molecule has 0 radical (unpaired) electrons. The third kappa shape index (κ3) is 2.67. The molecule has 1 fully saturated rings. The van der Waals surface area contributed by atoms with E-state index in [9.17, 15) is 4.79 Å². The van der Waals surface area contributed by atoms with Gasteiger partial charge < -0.3 is 0 Å². The van der Waals surface area contributed by atoms with Gasteiger partial charge in [0.1, 0.15) is 5.78 Å². The highest BCUT2D eigenvalue weighted by Crippen LogP contribution is 2.35. The van der Waals surface area contributed by atoms with Crippen LogP contribution in [0, 0.1) is 13.8 Å². The Labute approximate surface area is 102 Å². The highest BCUT2D eigenvalue weighted by molar-refractivity contribution is 8.00. The van der Waals surface area contributed by atoms with Gasteiger partial charge in [0.05, 0.1) is 0 Å². The van der Waals surface area contributed by atoms with Crippen LogP contribution in [0.25, 0.3) is 0 Å². The van der Waals surface area contributed by atoms with Crippen molar-refractivity contribution in [1.82, 2.24) is 0 Å². The number of rotatable bonds is 2. The Balaban J connectivity index is 2.11. The molecule has 0 aliphatic heterocycles. The SMILES string of the molecule is Cc1cccc(C)c1S[C@@H]1CCCC(=O)C1. The van der Waals surface area contributed by atoms with Crippen molar-refractivity contribution in [3.63, 3.8) is 0 Å².